The predicted octanol–water partition coefficient (Wildman–Crippen LogP) is 3.52. The number of aromatic nitrogens is 1. The summed E-state index contributed by atoms with van der Waals surface area (Å²) in [5, 5.41) is 0.822. The van der Waals surface area contributed by atoms with Crippen LogP contribution < -0.4 is 16.2 Å². The molecule has 0 fully saturated rings. The van der Waals surface area contributed by atoms with E-state index in [0.717, 1.165) is 0 Å². The van der Waals surface area contributed by atoms with E-state index in [1.165, 1.54) is 24.4 Å². The Hall–Kier alpha value is -1.69. The fourth-order valence-corrected chi connectivity index (χ4v) is 1.99. The number of halogens is 3. The van der Waals surface area contributed by atoms with Crippen molar-refractivity contribution in [2.75, 3.05) is 5.73 Å². The molecule has 0 saturated carbocycles. The van der Waals surface area contributed by atoms with E-state index in [1.807, 2.05) is 0 Å². The number of primary amides is 1. The standard InChI is InChI=1S/C12H8Cl3N3O2/c13-6-2-8(15)10(3-7(6)14)20-11-1-5(12(17)19)9(16)4-18-11/h1-4H,16H2,(H2,17,19). The SMILES string of the molecule is NC(=O)c1cc(Oc2cc(Cl)c(Cl)cc2Cl)ncc1N. The molecule has 0 aliphatic rings. The van der Waals surface area contributed by atoms with Crippen molar-refractivity contribution < 1.29 is 9.53 Å². The van der Waals surface area contributed by atoms with Gasteiger partial charge in [-0.15, -0.1) is 0 Å². The number of hydrogen-bond acceptors (Lipinski definition) is 4. The first-order chi connectivity index (χ1) is 9.38. The van der Waals surface area contributed by atoms with E-state index in [-0.39, 0.29) is 32.9 Å². The maximum absolute atomic E-state index is 11.2. The Balaban J connectivity index is 2.38. The van der Waals surface area contributed by atoms with Gasteiger partial charge in [-0.2, -0.15) is 0 Å². The summed E-state index contributed by atoms with van der Waals surface area (Å²) < 4.78 is 5.44. The quantitative estimate of drug-likeness (QED) is 0.841. The van der Waals surface area contributed by atoms with Gasteiger partial charge in [0.1, 0.15) is 5.75 Å². The van der Waals surface area contributed by atoms with Gasteiger partial charge in [0.15, 0.2) is 0 Å². The van der Waals surface area contributed by atoms with Gasteiger partial charge in [-0.3, -0.25) is 4.79 Å². The molecule has 104 valence electrons. The molecule has 0 atom stereocenters. The minimum Gasteiger partial charge on any atom is -0.437 e. The maximum Gasteiger partial charge on any atom is 0.251 e. The normalized spacial score (nSPS) is 10.3. The molecule has 0 spiro atoms. The Kier molecular flexibility index (Phi) is 4.23. The monoisotopic (exact) mass is 331 g/mol. The van der Waals surface area contributed by atoms with Gasteiger partial charge in [0, 0.05) is 12.1 Å². The molecule has 8 heteroatoms. The summed E-state index contributed by atoms with van der Waals surface area (Å²) >= 11 is 17.7. The predicted molar refractivity (Wildman–Crippen MR) is 78.7 cm³/mol. The van der Waals surface area contributed by atoms with E-state index in [2.05, 4.69) is 4.98 Å². The fraction of sp³-hybridized carbons (Fsp3) is 0. The molecule has 4 N–H and O–H groups in total. The van der Waals surface area contributed by atoms with E-state index in [1.54, 1.807) is 0 Å². The summed E-state index contributed by atoms with van der Waals surface area (Å²) in [4.78, 5) is 15.1. The number of carbonyl (C=O) groups excluding carboxylic acids is 1. The van der Waals surface area contributed by atoms with Crippen molar-refractivity contribution in [2.45, 2.75) is 0 Å². The number of rotatable bonds is 3. The topological polar surface area (TPSA) is 91.2 Å². The van der Waals surface area contributed by atoms with E-state index in [0.29, 0.717) is 5.02 Å². The van der Waals surface area contributed by atoms with Crippen LogP contribution >= 0.6 is 34.8 Å². The van der Waals surface area contributed by atoms with Crippen LogP contribution in [-0.2, 0) is 0 Å². The summed E-state index contributed by atoms with van der Waals surface area (Å²) in [5.41, 5.74) is 11.0. The Bertz CT molecular complexity index is 692. The third kappa shape index (κ3) is 3.07. The maximum atomic E-state index is 11.2. The highest BCUT2D eigenvalue weighted by molar-refractivity contribution is 6.43. The summed E-state index contributed by atoms with van der Waals surface area (Å²) in [7, 11) is 0. The number of hydrogen-bond donors (Lipinski definition) is 2. The van der Waals surface area contributed by atoms with Crippen molar-refractivity contribution in [1.29, 1.82) is 0 Å². The third-order valence-corrected chi connectivity index (χ3v) is 3.38. The summed E-state index contributed by atoms with van der Waals surface area (Å²) in [5.74, 6) is -0.336. The van der Waals surface area contributed by atoms with Crippen molar-refractivity contribution in [2.24, 2.45) is 5.73 Å². The largest absolute Gasteiger partial charge is 0.437 e. The average molecular weight is 333 g/mol. The van der Waals surface area contributed by atoms with Crippen molar-refractivity contribution >= 4 is 46.4 Å². The van der Waals surface area contributed by atoms with Gasteiger partial charge in [0.05, 0.1) is 32.5 Å². The zero-order valence-electron chi connectivity index (χ0n) is 9.86. The van der Waals surface area contributed by atoms with Crippen LogP contribution in [0.5, 0.6) is 11.6 Å². The van der Waals surface area contributed by atoms with Crippen LogP contribution in [0.3, 0.4) is 0 Å². The van der Waals surface area contributed by atoms with Crippen LogP contribution in [0.25, 0.3) is 0 Å². The highest BCUT2D eigenvalue weighted by Gasteiger charge is 2.12. The number of pyridine rings is 1. The van der Waals surface area contributed by atoms with Gasteiger partial charge in [-0.25, -0.2) is 4.98 Å². The lowest BCUT2D eigenvalue weighted by Crippen LogP contribution is -2.13. The average Bonchev–Trinajstić information content (AvgIpc) is 2.37. The molecule has 1 amide bonds. The molecule has 0 bridgehead atoms. The Morgan fingerprint density at radius 3 is 2.40 bits per heavy atom. The number of ether oxygens (including phenoxy) is 1. The summed E-state index contributed by atoms with van der Waals surface area (Å²) in [6, 6.07) is 4.19. The lowest BCUT2D eigenvalue weighted by Gasteiger charge is -2.09. The first-order valence-corrected chi connectivity index (χ1v) is 6.39. The van der Waals surface area contributed by atoms with E-state index >= 15 is 0 Å². The number of nitrogens with two attached hydrogens (primary N) is 2. The number of nitrogens with zero attached hydrogens (tertiary/aromatic N) is 1. The first kappa shape index (κ1) is 14.7. The molecule has 2 rings (SSSR count). The molecule has 1 heterocycles. The summed E-state index contributed by atoms with van der Waals surface area (Å²) in [6.45, 7) is 0. The molecule has 5 nitrogen and oxygen atoms in total. The van der Waals surface area contributed by atoms with E-state index in [4.69, 9.17) is 51.0 Å². The molecule has 0 aliphatic carbocycles. The van der Waals surface area contributed by atoms with Crippen LogP contribution in [0, 0.1) is 0 Å². The lowest BCUT2D eigenvalue weighted by atomic mass is 10.2. The van der Waals surface area contributed by atoms with E-state index < -0.39 is 5.91 Å². The van der Waals surface area contributed by atoms with Crippen LogP contribution in [0.15, 0.2) is 24.4 Å². The third-order valence-electron chi connectivity index (χ3n) is 2.36. The van der Waals surface area contributed by atoms with Crippen LogP contribution in [0.4, 0.5) is 5.69 Å². The fourth-order valence-electron chi connectivity index (χ4n) is 1.41. The Morgan fingerprint density at radius 1 is 1.10 bits per heavy atom. The van der Waals surface area contributed by atoms with Gasteiger partial charge in [-0.1, -0.05) is 34.8 Å². The number of anilines is 1. The Labute approximate surface area is 129 Å². The number of amides is 1. The van der Waals surface area contributed by atoms with Gasteiger partial charge in [0.25, 0.3) is 5.91 Å². The number of carbonyl (C=O) groups is 1. The first-order valence-electron chi connectivity index (χ1n) is 5.26. The van der Waals surface area contributed by atoms with E-state index in [9.17, 15) is 4.79 Å². The number of nitrogen functional groups attached to an aromatic ring is 1. The number of benzene rings is 1. The minimum absolute atomic E-state index is 0.103. The molecule has 0 aliphatic heterocycles. The van der Waals surface area contributed by atoms with Crippen molar-refractivity contribution in [1.82, 2.24) is 4.98 Å². The minimum atomic E-state index is -0.685. The smallest absolute Gasteiger partial charge is 0.251 e. The highest BCUT2D eigenvalue weighted by Crippen LogP contribution is 2.36. The van der Waals surface area contributed by atoms with Crippen molar-refractivity contribution in [3.8, 4) is 11.6 Å². The molecule has 2 aromatic rings. The zero-order valence-corrected chi connectivity index (χ0v) is 12.1. The van der Waals surface area contributed by atoms with Crippen molar-refractivity contribution in [3.63, 3.8) is 0 Å². The van der Waals surface area contributed by atoms with Crippen molar-refractivity contribution in [3.05, 3.63) is 45.0 Å². The van der Waals surface area contributed by atoms with Crippen LogP contribution in [0.2, 0.25) is 15.1 Å². The molecule has 20 heavy (non-hydrogen) atoms. The van der Waals surface area contributed by atoms with Crippen LogP contribution in [-0.4, -0.2) is 10.9 Å². The molecule has 0 saturated heterocycles. The Morgan fingerprint density at radius 2 is 1.75 bits per heavy atom. The van der Waals surface area contributed by atoms with Gasteiger partial charge >= 0.3 is 0 Å². The zero-order chi connectivity index (χ0) is 14.9. The molecule has 1 aromatic heterocycles. The van der Waals surface area contributed by atoms with Gasteiger partial charge in [-0.05, 0) is 6.07 Å². The second kappa shape index (κ2) is 5.75. The molecule has 1 aromatic carbocycles. The summed E-state index contributed by atoms with van der Waals surface area (Å²) in [6.07, 6.45) is 1.26. The second-order valence-corrected chi connectivity index (χ2v) is 4.99. The van der Waals surface area contributed by atoms with Crippen LogP contribution in [0.1, 0.15) is 10.4 Å². The van der Waals surface area contributed by atoms with Gasteiger partial charge in [0.2, 0.25) is 5.88 Å². The molecule has 0 radical (unpaired) electrons. The van der Waals surface area contributed by atoms with Gasteiger partial charge < -0.3 is 16.2 Å². The molecular formula is C12H8Cl3N3O2. The molecular weight excluding hydrogens is 325 g/mol. The highest BCUT2D eigenvalue weighted by atomic mass is 35.5. The second-order valence-electron chi connectivity index (χ2n) is 3.77. The lowest BCUT2D eigenvalue weighted by molar-refractivity contribution is 0.100. The molecule has 0 unspecified atom stereocenters.